The van der Waals surface area contributed by atoms with Gasteiger partial charge in [0, 0.05) is 12.1 Å². The Balaban J connectivity index is 2.88. The lowest BCUT2D eigenvalue weighted by Crippen LogP contribution is -1.87. The summed E-state index contributed by atoms with van der Waals surface area (Å²) in [4.78, 5) is 4.07. The highest BCUT2D eigenvalue weighted by Crippen LogP contribution is 2.07. The summed E-state index contributed by atoms with van der Waals surface area (Å²) in [6.07, 6.45) is 3.00. The van der Waals surface area contributed by atoms with Crippen molar-refractivity contribution < 1.29 is 4.74 Å². The van der Waals surface area contributed by atoms with Gasteiger partial charge in [0.15, 0.2) is 0 Å². The Labute approximate surface area is 70.9 Å². The van der Waals surface area contributed by atoms with Gasteiger partial charge in [0.2, 0.25) is 5.88 Å². The van der Waals surface area contributed by atoms with Crippen LogP contribution in [-0.2, 0) is 0 Å². The lowest BCUT2D eigenvalue weighted by molar-refractivity contribution is 0.397. The molecule has 60 valence electrons. The second-order valence-corrected chi connectivity index (χ2v) is 2.07. The molecule has 0 aliphatic rings. The molecule has 0 N–H and O–H groups in total. The minimum atomic E-state index is 0.551. The molecule has 0 saturated carbocycles. The van der Waals surface area contributed by atoms with Crippen LogP contribution in [0, 0.1) is 11.3 Å². The van der Waals surface area contributed by atoms with E-state index >= 15 is 0 Å². The monoisotopic (exact) mass is 160 g/mol. The summed E-state index contributed by atoms with van der Waals surface area (Å²) < 4.78 is 4.91. The molecule has 0 spiro atoms. The van der Waals surface area contributed by atoms with Gasteiger partial charge in [-0.2, -0.15) is 5.26 Å². The molecule has 1 aromatic rings. The number of ether oxygens (including phenoxy) is 1. The molecule has 12 heavy (non-hydrogen) atoms. The SMILES string of the molecule is COc1cccc(C=CC#N)n1. The van der Waals surface area contributed by atoms with Crippen LogP contribution in [0.4, 0.5) is 0 Å². The number of nitrogens with zero attached hydrogens (tertiary/aromatic N) is 2. The molecular weight excluding hydrogens is 152 g/mol. The molecular formula is C9H8N2O. The first kappa shape index (κ1) is 8.28. The molecule has 1 rings (SSSR count). The fourth-order valence-corrected chi connectivity index (χ4v) is 0.760. The third-order valence-electron chi connectivity index (χ3n) is 1.28. The summed E-state index contributed by atoms with van der Waals surface area (Å²) in [6.45, 7) is 0. The van der Waals surface area contributed by atoms with Crippen molar-refractivity contribution in [2.24, 2.45) is 0 Å². The smallest absolute Gasteiger partial charge is 0.213 e. The Kier molecular flexibility index (Phi) is 2.86. The molecule has 1 aromatic heterocycles. The number of aromatic nitrogens is 1. The molecule has 3 nitrogen and oxygen atoms in total. The van der Waals surface area contributed by atoms with E-state index in [0.717, 1.165) is 5.69 Å². The first-order valence-electron chi connectivity index (χ1n) is 3.44. The van der Waals surface area contributed by atoms with Crippen molar-refractivity contribution in [1.29, 1.82) is 5.26 Å². The van der Waals surface area contributed by atoms with E-state index in [1.54, 1.807) is 25.3 Å². The number of hydrogen-bond acceptors (Lipinski definition) is 3. The predicted octanol–water partition coefficient (Wildman–Crippen LogP) is 1.63. The van der Waals surface area contributed by atoms with E-state index in [2.05, 4.69) is 4.98 Å². The largest absolute Gasteiger partial charge is 0.481 e. The lowest BCUT2D eigenvalue weighted by Gasteiger charge is -1.97. The van der Waals surface area contributed by atoms with Gasteiger partial charge in [-0.1, -0.05) is 6.07 Å². The maximum absolute atomic E-state index is 8.26. The quantitative estimate of drug-likeness (QED) is 0.617. The van der Waals surface area contributed by atoms with Crippen LogP contribution < -0.4 is 4.74 Å². The second kappa shape index (κ2) is 4.14. The Morgan fingerprint density at radius 1 is 1.58 bits per heavy atom. The first-order valence-corrected chi connectivity index (χ1v) is 3.44. The normalized spacial score (nSPS) is 9.67. The Bertz CT molecular complexity index is 326. The zero-order chi connectivity index (χ0) is 8.81. The van der Waals surface area contributed by atoms with Gasteiger partial charge in [-0.3, -0.25) is 0 Å². The van der Waals surface area contributed by atoms with E-state index in [4.69, 9.17) is 10.00 Å². The van der Waals surface area contributed by atoms with E-state index in [0.29, 0.717) is 5.88 Å². The van der Waals surface area contributed by atoms with Crippen molar-refractivity contribution in [2.45, 2.75) is 0 Å². The maximum atomic E-state index is 8.26. The van der Waals surface area contributed by atoms with Gasteiger partial charge in [-0.15, -0.1) is 0 Å². The highest BCUT2D eigenvalue weighted by atomic mass is 16.5. The van der Waals surface area contributed by atoms with Crippen molar-refractivity contribution in [1.82, 2.24) is 4.98 Å². The Morgan fingerprint density at radius 2 is 2.42 bits per heavy atom. The van der Waals surface area contributed by atoms with Gasteiger partial charge < -0.3 is 4.74 Å². The maximum Gasteiger partial charge on any atom is 0.213 e. The number of allylic oxidation sites excluding steroid dienone is 1. The summed E-state index contributed by atoms with van der Waals surface area (Å²) in [6, 6.07) is 7.27. The molecule has 3 heteroatoms. The van der Waals surface area contributed by atoms with Gasteiger partial charge in [0.25, 0.3) is 0 Å². The Morgan fingerprint density at radius 3 is 3.08 bits per heavy atom. The van der Waals surface area contributed by atoms with E-state index in [1.807, 2.05) is 12.1 Å². The number of hydrogen-bond donors (Lipinski definition) is 0. The van der Waals surface area contributed by atoms with Crippen LogP contribution in [0.5, 0.6) is 5.88 Å². The fourth-order valence-electron chi connectivity index (χ4n) is 0.760. The van der Waals surface area contributed by atoms with Crippen molar-refractivity contribution >= 4 is 6.08 Å². The van der Waals surface area contributed by atoms with Gasteiger partial charge in [0.05, 0.1) is 18.9 Å². The average Bonchev–Trinajstić information content (AvgIpc) is 2.15. The first-order chi connectivity index (χ1) is 5.86. The van der Waals surface area contributed by atoms with Crippen LogP contribution in [0.1, 0.15) is 5.69 Å². The summed E-state index contributed by atoms with van der Waals surface area (Å²) in [7, 11) is 1.56. The summed E-state index contributed by atoms with van der Waals surface area (Å²) >= 11 is 0. The molecule has 0 saturated heterocycles. The molecule has 0 aliphatic carbocycles. The Hall–Kier alpha value is -1.82. The molecule has 0 bridgehead atoms. The minimum absolute atomic E-state index is 0.551. The second-order valence-electron chi connectivity index (χ2n) is 2.07. The minimum Gasteiger partial charge on any atom is -0.481 e. The number of rotatable bonds is 2. The molecule has 0 amide bonds. The van der Waals surface area contributed by atoms with Crippen LogP contribution in [0.25, 0.3) is 6.08 Å². The zero-order valence-corrected chi connectivity index (χ0v) is 6.69. The third-order valence-corrected chi connectivity index (χ3v) is 1.28. The highest BCUT2D eigenvalue weighted by molar-refractivity contribution is 5.48. The van der Waals surface area contributed by atoms with Crippen molar-refractivity contribution in [3.8, 4) is 11.9 Å². The van der Waals surface area contributed by atoms with Crippen LogP contribution in [0.3, 0.4) is 0 Å². The number of methoxy groups -OCH3 is 1. The molecule has 1 heterocycles. The van der Waals surface area contributed by atoms with Crippen molar-refractivity contribution in [3.63, 3.8) is 0 Å². The van der Waals surface area contributed by atoms with Gasteiger partial charge >= 0.3 is 0 Å². The number of pyridine rings is 1. The standard InChI is InChI=1S/C9H8N2O/c1-12-9-6-2-4-8(11-9)5-3-7-10/h2-6H,1H3. The molecule has 0 atom stereocenters. The highest BCUT2D eigenvalue weighted by Gasteiger charge is 1.91. The van der Waals surface area contributed by atoms with Crippen molar-refractivity contribution in [2.75, 3.05) is 7.11 Å². The third kappa shape index (κ3) is 2.10. The van der Waals surface area contributed by atoms with Crippen LogP contribution >= 0.6 is 0 Å². The summed E-state index contributed by atoms with van der Waals surface area (Å²) in [5, 5.41) is 8.26. The van der Waals surface area contributed by atoms with Gasteiger partial charge in [-0.05, 0) is 12.1 Å². The molecule has 0 fully saturated rings. The number of nitriles is 1. The van der Waals surface area contributed by atoms with Crippen LogP contribution in [0.2, 0.25) is 0 Å². The van der Waals surface area contributed by atoms with E-state index in [1.165, 1.54) is 6.08 Å². The van der Waals surface area contributed by atoms with E-state index in [-0.39, 0.29) is 0 Å². The molecule has 0 aliphatic heterocycles. The summed E-state index contributed by atoms with van der Waals surface area (Å²) in [5.74, 6) is 0.551. The van der Waals surface area contributed by atoms with Crippen LogP contribution in [-0.4, -0.2) is 12.1 Å². The van der Waals surface area contributed by atoms with Gasteiger partial charge in [-0.25, -0.2) is 4.98 Å². The zero-order valence-electron chi connectivity index (χ0n) is 6.69. The lowest BCUT2D eigenvalue weighted by atomic mass is 10.3. The average molecular weight is 160 g/mol. The molecule has 0 aromatic carbocycles. The van der Waals surface area contributed by atoms with Crippen molar-refractivity contribution in [3.05, 3.63) is 30.0 Å². The van der Waals surface area contributed by atoms with Gasteiger partial charge in [0.1, 0.15) is 0 Å². The van der Waals surface area contributed by atoms with E-state index < -0.39 is 0 Å². The molecule has 0 unspecified atom stereocenters. The predicted molar refractivity (Wildman–Crippen MR) is 45.4 cm³/mol. The molecule has 0 radical (unpaired) electrons. The van der Waals surface area contributed by atoms with Crippen LogP contribution in [0.15, 0.2) is 24.3 Å². The fraction of sp³-hybridized carbons (Fsp3) is 0.111. The van der Waals surface area contributed by atoms with E-state index in [9.17, 15) is 0 Å². The summed E-state index contributed by atoms with van der Waals surface area (Å²) in [5.41, 5.74) is 0.718. The topological polar surface area (TPSA) is 45.9 Å².